The van der Waals surface area contributed by atoms with Gasteiger partial charge in [-0.1, -0.05) is 42.5 Å². The standard InChI is InChI=1S/C24H20N4O3/c25-23(31)19(16-6-2-1-3-7-16)13-17-14-27-24-22(17)20(9-10-26-24)28-21(30)12-15-5-4-8-18(29)11-15/h1-11,13-14,29H,12H2,(H2,25,31)(H2,26,27,28,30)/b19-13+. The number of hydrogen-bond donors (Lipinski definition) is 4. The normalized spacial score (nSPS) is 11.4. The first-order chi connectivity index (χ1) is 15.0. The highest BCUT2D eigenvalue weighted by atomic mass is 16.3. The first-order valence-corrected chi connectivity index (χ1v) is 9.62. The Hall–Kier alpha value is -4.39. The summed E-state index contributed by atoms with van der Waals surface area (Å²) in [5, 5.41) is 13.2. The van der Waals surface area contributed by atoms with Crippen molar-refractivity contribution >= 4 is 40.2 Å². The Labute approximate surface area is 178 Å². The van der Waals surface area contributed by atoms with E-state index >= 15 is 0 Å². The number of aromatic nitrogens is 2. The second kappa shape index (κ2) is 8.54. The number of benzene rings is 2. The second-order valence-electron chi connectivity index (χ2n) is 7.01. The summed E-state index contributed by atoms with van der Waals surface area (Å²) in [5.41, 5.74) is 9.16. The number of nitrogens with one attached hydrogen (secondary N) is 2. The molecule has 2 heterocycles. The van der Waals surface area contributed by atoms with Crippen molar-refractivity contribution in [3.8, 4) is 5.75 Å². The fraction of sp³-hybridized carbons (Fsp3) is 0.0417. The van der Waals surface area contributed by atoms with Crippen LogP contribution in [-0.2, 0) is 16.0 Å². The minimum atomic E-state index is -0.557. The Kier molecular flexibility index (Phi) is 5.49. The van der Waals surface area contributed by atoms with Gasteiger partial charge in [-0.2, -0.15) is 0 Å². The Balaban J connectivity index is 1.69. The van der Waals surface area contributed by atoms with E-state index in [1.54, 1.807) is 48.8 Å². The zero-order chi connectivity index (χ0) is 21.8. The molecule has 2 aromatic carbocycles. The van der Waals surface area contributed by atoms with Gasteiger partial charge >= 0.3 is 0 Å². The summed E-state index contributed by atoms with van der Waals surface area (Å²) in [5.74, 6) is -0.694. The van der Waals surface area contributed by atoms with E-state index in [0.29, 0.717) is 39.0 Å². The maximum atomic E-state index is 12.6. The molecule has 0 aliphatic heterocycles. The summed E-state index contributed by atoms with van der Waals surface area (Å²) in [6, 6.07) is 17.4. The average molecular weight is 412 g/mol. The smallest absolute Gasteiger partial charge is 0.249 e. The lowest BCUT2D eigenvalue weighted by Gasteiger charge is -2.08. The molecule has 5 N–H and O–H groups in total. The zero-order valence-electron chi connectivity index (χ0n) is 16.5. The number of nitrogens with zero attached hydrogens (tertiary/aromatic N) is 1. The van der Waals surface area contributed by atoms with Gasteiger partial charge in [0, 0.05) is 28.9 Å². The lowest BCUT2D eigenvalue weighted by Crippen LogP contribution is -2.15. The third kappa shape index (κ3) is 4.45. The predicted octanol–water partition coefficient (Wildman–Crippen LogP) is 3.48. The summed E-state index contributed by atoms with van der Waals surface area (Å²) < 4.78 is 0. The van der Waals surface area contributed by atoms with Gasteiger partial charge in [0.15, 0.2) is 0 Å². The summed E-state index contributed by atoms with van der Waals surface area (Å²) in [7, 11) is 0. The maximum absolute atomic E-state index is 12.6. The van der Waals surface area contributed by atoms with E-state index in [0.717, 1.165) is 0 Å². The topological polar surface area (TPSA) is 121 Å². The van der Waals surface area contributed by atoms with Crippen LogP contribution >= 0.6 is 0 Å². The van der Waals surface area contributed by atoms with Crippen LogP contribution in [0, 0.1) is 0 Å². The molecule has 2 amide bonds. The predicted molar refractivity (Wildman–Crippen MR) is 120 cm³/mol. The molecular formula is C24H20N4O3. The molecule has 0 unspecified atom stereocenters. The third-order valence-corrected chi connectivity index (χ3v) is 4.80. The molecule has 0 radical (unpaired) electrons. The molecule has 31 heavy (non-hydrogen) atoms. The molecule has 0 bridgehead atoms. The van der Waals surface area contributed by atoms with Gasteiger partial charge in [0.05, 0.1) is 12.1 Å². The first kappa shape index (κ1) is 19.9. The highest BCUT2D eigenvalue weighted by Crippen LogP contribution is 2.29. The highest BCUT2D eigenvalue weighted by molar-refractivity contribution is 6.24. The van der Waals surface area contributed by atoms with Crippen LogP contribution in [-0.4, -0.2) is 26.9 Å². The molecule has 0 atom stereocenters. The maximum Gasteiger partial charge on any atom is 0.249 e. The van der Waals surface area contributed by atoms with Crippen LogP contribution in [0.15, 0.2) is 73.1 Å². The van der Waals surface area contributed by atoms with E-state index in [2.05, 4.69) is 15.3 Å². The number of rotatable bonds is 6. The Morgan fingerprint density at radius 3 is 2.65 bits per heavy atom. The van der Waals surface area contributed by atoms with Crippen LogP contribution in [0.4, 0.5) is 5.69 Å². The van der Waals surface area contributed by atoms with Gasteiger partial charge < -0.3 is 21.1 Å². The second-order valence-corrected chi connectivity index (χ2v) is 7.01. The molecule has 0 aliphatic rings. The van der Waals surface area contributed by atoms with Crippen molar-refractivity contribution in [2.45, 2.75) is 6.42 Å². The number of nitrogens with two attached hydrogens (primary N) is 1. The average Bonchev–Trinajstić information content (AvgIpc) is 3.16. The number of aromatic amines is 1. The third-order valence-electron chi connectivity index (χ3n) is 4.80. The summed E-state index contributed by atoms with van der Waals surface area (Å²) >= 11 is 0. The number of carbonyl (C=O) groups excluding carboxylic acids is 2. The van der Waals surface area contributed by atoms with Crippen LogP contribution < -0.4 is 11.1 Å². The monoisotopic (exact) mass is 412 g/mol. The number of phenolic OH excluding ortho intramolecular Hbond substituents is 1. The number of phenols is 1. The van der Waals surface area contributed by atoms with Crippen LogP contribution in [0.1, 0.15) is 16.7 Å². The molecule has 7 nitrogen and oxygen atoms in total. The largest absolute Gasteiger partial charge is 0.508 e. The van der Waals surface area contributed by atoms with E-state index in [-0.39, 0.29) is 18.1 Å². The van der Waals surface area contributed by atoms with Crippen molar-refractivity contribution in [2.24, 2.45) is 5.73 Å². The number of pyridine rings is 1. The van der Waals surface area contributed by atoms with Gasteiger partial charge in [0.25, 0.3) is 0 Å². The molecule has 154 valence electrons. The van der Waals surface area contributed by atoms with Gasteiger partial charge in [-0.15, -0.1) is 0 Å². The number of aromatic hydroxyl groups is 1. The number of amides is 2. The first-order valence-electron chi connectivity index (χ1n) is 9.62. The van der Waals surface area contributed by atoms with Gasteiger partial charge in [-0.25, -0.2) is 4.98 Å². The quantitative estimate of drug-likeness (QED) is 0.362. The minimum Gasteiger partial charge on any atom is -0.508 e. The van der Waals surface area contributed by atoms with Crippen molar-refractivity contribution < 1.29 is 14.7 Å². The lowest BCUT2D eigenvalue weighted by molar-refractivity contribution is -0.115. The van der Waals surface area contributed by atoms with Crippen molar-refractivity contribution in [2.75, 3.05) is 5.32 Å². The summed E-state index contributed by atoms with van der Waals surface area (Å²) in [6.07, 6.45) is 5.09. The fourth-order valence-corrected chi connectivity index (χ4v) is 3.42. The molecule has 0 saturated heterocycles. The van der Waals surface area contributed by atoms with E-state index in [4.69, 9.17) is 5.73 Å². The van der Waals surface area contributed by atoms with Gasteiger partial charge in [-0.3, -0.25) is 9.59 Å². The molecule has 4 aromatic rings. The summed E-state index contributed by atoms with van der Waals surface area (Å²) in [4.78, 5) is 32.1. The molecule has 0 saturated carbocycles. The van der Waals surface area contributed by atoms with Crippen LogP contribution in [0.25, 0.3) is 22.7 Å². The van der Waals surface area contributed by atoms with Gasteiger partial charge in [-0.05, 0) is 35.4 Å². The minimum absolute atomic E-state index is 0.102. The van der Waals surface area contributed by atoms with Crippen molar-refractivity contribution in [3.63, 3.8) is 0 Å². The van der Waals surface area contributed by atoms with Crippen LogP contribution in [0.5, 0.6) is 5.75 Å². The van der Waals surface area contributed by atoms with Crippen molar-refractivity contribution in [1.82, 2.24) is 9.97 Å². The van der Waals surface area contributed by atoms with Crippen LogP contribution in [0.3, 0.4) is 0 Å². The number of anilines is 1. The van der Waals surface area contributed by atoms with E-state index in [1.807, 2.05) is 30.3 Å². The van der Waals surface area contributed by atoms with E-state index in [1.165, 1.54) is 0 Å². The number of fused-ring (bicyclic) bond motifs is 1. The Morgan fingerprint density at radius 2 is 1.90 bits per heavy atom. The Morgan fingerprint density at radius 1 is 1.10 bits per heavy atom. The van der Waals surface area contributed by atoms with E-state index in [9.17, 15) is 14.7 Å². The fourth-order valence-electron chi connectivity index (χ4n) is 3.42. The molecule has 0 fully saturated rings. The lowest BCUT2D eigenvalue weighted by atomic mass is 10.0. The zero-order valence-corrected chi connectivity index (χ0v) is 16.5. The SMILES string of the molecule is NC(=O)/C(=C/c1c[nH]c2nccc(NC(=O)Cc3cccc(O)c3)c12)c1ccccc1. The van der Waals surface area contributed by atoms with Crippen molar-refractivity contribution in [1.29, 1.82) is 0 Å². The number of H-pyrrole nitrogens is 1. The molecule has 0 spiro atoms. The van der Waals surface area contributed by atoms with Gasteiger partial charge in [0.2, 0.25) is 11.8 Å². The van der Waals surface area contributed by atoms with Crippen LogP contribution in [0.2, 0.25) is 0 Å². The van der Waals surface area contributed by atoms with Crippen molar-refractivity contribution in [3.05, 3.63) is 89.7 Å². The Bertz CT molecular complexity index is 1290. The number of primary amides is 1. The highest BCUT2D eigenvalue weighted by Gasteiger charge is 2.14. The molecule has 0 aliphatic carbocycles. The molecule has 2 aromatic heterocycles. The van der Waals surface area contributed by atoms with E-state index < -0.39 is 5.91 Å². The molecule has 4 rings (SSSR count). The van der Waals surface area contributed by atoms with Gasteiger partial charge in [0.1, 0.15) is 11.4 Å². The number of carbonyl (C=O) groups is 2. The molecule has 7 heteroatoms. The molecular weight excluding hydrogens is 392 g/mol. The number of hydrogen-bond acceptors (Lipinski definition) is 4. The summed E-state index contributed by atoms with van der Waals surface area (Å²) in [6.45, 7) is 0.